The molecule has 5 N–H and O–H groups in total. The van der Waals surface area contributed by atoms with Crippen LogP contribution in [-0.4, -0.2) is 49.4 Å². The maximum Gasteiger partial charge on any atom is 0.408 e. The number of Topliss-reactive ketones (excluding diaryl/α,β-unsaturated/α-hetero) is 1. The molecule has 3 aromatic rings. The Kier molecular flexibility index (Phi) is 8.54. The molecule has 0 saturated heterocycles. The number of nitrogens with zero attached hydrogens (tertiary/aromatic N) is 1. The predicted octanol–water partition coefficient (Wildman–Crippen LogP) is 3.78. The third-order valence-corrected chi connectivity index (χ3v) is 8.41. The Labute approximate surface area is 220 Å². The normalized spacial score (nSPS) is 12.6. The summed E-state index contributed by atoms with van der Waals surface area (Å²) >= 11 is 1.03. The zero-order valence-corrected chi connectivity index (χ0v) is 22.8. The summed E-state index contributed by atoms with van der Waals surface area (Å²) in [6.07, 6.45) is -0.265. The molecule has 0 fully saturated rings. The number of guanidine groups is 1. The van der Waals surface area contributed by atoms with E-state index in [1.165, 1.54) is 12.1 Å². The number of sulfone groups is 1. The lowest BCUT2D eigenvalue weighted by Crippen LogP contribution is -2.44. The van der Waals surface area contributed by atoms with E-state index in [1.54, 1.807) is 58.0 Å². The minimum absolute atomic E-state index is 0.0418. The Balaban J connectivity index is 1.99. The molecule has 1 heterocycles. The van der Waals surface area contributed by atoms with Crippen LogP contribution in [0.4, 0.5) is 4.79 Å². The number of hydrogen-bond donors (Lipinski definition) is 4. The number of fused-ring (bicyclic) bond motifs is 1. The van der Waals surface area contributed by atoms with Crippen molar-refractivity contribution in [2.45, 2.75) is 61.4 Å². The van der Waals surface area contributed by atoms with Gasteiger partial charge in [-0.05, 0) is 64.8 Å². The first-order valence-corrected chi connectivity index (χ1v) is 13.9. The molecule has 0 radical (unpaired) electrons. The van der Waals surface area contributed by atoms with Crippen LogP contribution in [0, 0.1) is 12.3 Å². The molecule has 0 bridgehead atoms. The topological polar surface area (TPSA) is 164 Å². The first-order valence-electron chi connectivity index (χ1n) is 11.6. The summed E-state index contributed by atoms with van der Waals surface area (Å²) in [6, 6.07) is 10.5. The number of thiazole rings is 1. The number of ether oxygens (including phenoxy) is 1. The Hall–Kier alpha value is -3.51. The van der Waals surface area contributed by atoms with Gasteiger partial charge in [-0.1, -0.05) is 23.8 Å². The van der Waals surface area contributed by atoms with Gasteiger partial charge in [0.1, 0.15) is 5.60 Å². The number of nitrogens with two attached hydrogens (primary N) is 1. The lowest BCUT2D eigenvalue weighted by molar-refractivity contribution is 0.0488. The van der Waals surface area contributed by atoms with E-state index in [2.05, 4.69) is 15.6 Å². The smallest absolute Gasteiger partial charge is 0.408 e. The van der Waals surface area contributed by atoms with E-state index < -0.39 is 33.4 Å². The number of carbonyl (C=O) groups is 2. The molecule has 0 saturated carbocycles. The monoisotopic (exact) mass is 545 g/mol. The van der Waals surface area contributed by atoms with Crippen molar-refractivity contribution < 1.29 is 22.7 Å². The van der Waals surface area contributed by atoms with E-state index in [-0.39, 0.29) is 27.2 Å². The third-order valence-electron chi connectivity index (χ3n) is 5.19. The number of hydrogen-bond acceptors (Lipinski definition) is 8. The lowest BCUT2D eigenvalue weighted by Gasteiger charge is -2.24. The van der Waals surface area contributed by atoms with Crippen molar-refractivity contribution in [2.24, 2.45) is 5.73 Å². The number of aromatic nitrogens is 1. The molecule has 10 nitrogen and oxygen atoms in total. The van der Waals surface area contributed by atoms with Gasteiger partial charge in [-0.2, -0.15) is 0 Å². The molecular weight excluding hydrogens is 514 g/mol. The number of amides is 1. The molecule has 0 aliphatic heterocycles. The minimum atomic E-state index is -4.13. The molecule has 1 amide bonds. The van der Waals surface area contributed by atoms with Gasteiger partial charge in [0.05, 0.1) is 21.2 Å². The second kappa shape index (κ2) is 11.3. The van der Waals surface area contributed by atoms with Crippen LogP contribution in [0.25, 0.3) is 10.2 Å². The van der Waals surface area contributed by atoms with Crippen LogP contribution in [0.3, 0.4) is 0 Å². The summed E-state index contributed by atoms with van der Waals surface area (Å²) in [7, 11) is -4.13. The fourth-order valence-electron chi connectivity index (χ4n) is 3.57. The maximum absolute atomic E-state index is 13.8. The van der Waals surface area contributed by atoms with E-state index in [1.807, 2.05) is 0 Å². The van der Waals surface area contributed by atoms with Gasteiger partial charge in [0.2, 0.25) is 14.2 Å². The average molecular weight is 546 g/mol. The van der Waals surface area contributed by atoms with Crippen LogP contribution in [0.2, 0.25) is 0 Å². The van der Waals surface area contributed by atoms with E-state index in [9.17, 15) is 18.0 Å². The van der Waals surface area contributed by atoms with Gasteiger partial charge < -0.3 is 21.1 Å². The SMILES string of the molecule is Cc1ccc(S(=O)(=O)c2nc3ccccc3s2)c(C(=O)[C@H](CCCNC(=N)N)NC(=O)OC(C)(C)C)c1. The van der Waals surface area contributed by atoms with Crippen LogP contribution in [0.5, 0.6) is 0 Å². The lowest BCUT2D eigenvalue weighted by atomic mass is 9.98. The fraction of sp³-hybridized carbons (Fsp3) is 0.360. The zero-order valence-electron chi connectivity index (χ0n) is 21.1. The second-order valence-electron chi connectivity index (χ2n) is 9.50. The zero-order chi connectivity index (χ0) is 27.4. The molecule has 0 unspecified atom stereocenters. The maximum atomic E-state index is 13.8. The highest BCUT2D eigenvalue weighted by atomic mass is 32.2. The van der Waals surface area contributed by atoms with Crippen molar-refractivity contribution >= 4 is 49.2 Å². The number of benzene rings is 2. The summed E-state index contributed by atoms with van der Waals surface area (Å²) in [5.41, 5.74) is 5.72. The first-order chi connectivity index (χ1) is 17.3. The van der Waals surface area contributed by atoms with Crippen molar-refractivity contribution in [3.05, 3.63) is 53.6 Å². The Bertz CT molecular complexity index is 1390. The Morgan fingerprint density at radius 2 is 1.89 bits per heavy atom. The van der Waals surface area contributed by atoms with Crippen LogP contribution in [-0.2, 0) is 14.6 Å². The highest BCUT2D eigenvalue weighted by Gasteiger charge is 2.32. The largest absolute Gasteiger partial charge is 0.444 e. The van der Waals surface area contributed by atoms with Gasteiger partial charge in [0.25, 0.3) is 0 Å². The van der Waals surface area contributed by atoms with Gasteiger partial charge in [0.15, 0.2) is 11.7 Å². The van der Waals surface area contributed by atoms with E-state index in [0.29, 0.717) is 28.7 Å². The standard InChI is InChI=1S/C25H31N5O5S2/c1-15-11-12-20(37(33,34)24-30-17-8-5-6-10-19(17)36-24)16(14-15)21(31)18(9-7-13-28-22(26)27)29-23(32)35-25(2,3)4/h5-6,8,10-12,14,18H,7,9,13H2,1-4H3,(H,29,32)(H4,26,27,28)/t18-/m0/s1. The van der Waals surface area contributed by atoms with Crippen LogP contribution < -0.4 is 16.4 Å². The van der Waals surface area contributed by atoms with Crippen molar-refractivity contribution in [3.63, 3.8) is 0 Å². The summed E-state index contributed by atoms with van der Waals surface area (Å²) in [5, 5.41) is 12.5. The van der Waals surface area contributed by atoms with Crippen LogP contribution in [0.15, 0.2) is 51.7 Å². The van der Waals surface area contributed by atoms with E-state index in [0.717, 1.165) is 11.3 Å². The van der Waals surface area contributed by atoms with Crippen LogP contribution in [0.1, 0.15) is 49.5 Å². The number of alkyl carbamates (subject to hydrolysis) is 1. The van der Waals surface area contributed by atoms with E-state index in [4.69, 9.17) is 15.9 Å². The molecule has 198 valence electrons. The molecule has 3 rings (SSSR count). The first kappa shape index (κ1) is 28.1. The van der Waals surface area contributed by atoms with Crippen molar-refractivity contribution in [1.29, 1.82) is 5.41 Å². The highest BCUT2D eigenvalue weighted by Crippen LogP contribution is 2.32. The molecule has 0 spiro atoms. The van der Waals surface area contributed by atoms with Gasteiger partial charge in [-0.25, -0.2) is 18.2 Å². The molecular formula is C25H31N5O5S2. The van der Waals surface area contributed by atoms with Gasteiger partial charge >= 0.3 is 6.09 Å². The second-order valence-corrected chi connectivity index (χ2v) is 12.6. The molecule has 37 heavy (non-hydrogen) atoms. The number of ketones is 1. The Morgan fingerprint density at radius 3 is 2.54 bits per heavy atom. The molecule has 2 aromatic carbocycles. The number of nitrogens with one attached hydrogen (secondary N) is 3. The van der Waals surface area contributed by atoms with Crippen molar-refractivity contribution in [1.82, 2.24) is 15.6 Å². The predicted molar refractivity (Wildman–Crippen MR) is 143 cm³/mol. The molecule has 1 atom stereocenters. The van der Waals surface area contributed by atoms with Gasteiger partial charge in [0, 0.05) is 12.1 Å². The van der Waals surface area contributed by atoms with Gasteiger partial charge in [-0.15, -0.1) is 11.3 Å². The summed E-state index contributed by atoms with van der Waals surface area (Å²) in [5.74, 6) is -0.789. The number of rotatable bonds is 9. The average Bonchev–Trinajstić information content (AvgIpc) is 3.24. The summed E-state index contributed by atoms with van der Waals surface area (Å²) in [4.78, 5) is 30.4. The van der Waals surface area contributed by atoms with Crippen LogP contribution >= 0.6 is 11.3 Å². The molecule has 0 aliphatic rings. The number of aryl methyl sites for hydroxylation is 1. The number of carbonyl (C=O) groups excluding carboxylic acids is 2. The fourth-order valence-corrected chi connectivity index (χ4v) is 6.34. The molecule has 1 aromatic heterocycles. The summed E-state index contributed by atoms with van der Waals surface area (Å²) < 4.78 is 33.2. The third kappa shape index (κ3) is 7.26. The highest BCUT2D eigenvalue weighted by molar-refractivity contribution is 7.93. The quantitative estimate of drug-likeness (QED) is 0.137. The minimum Gasteiger partial charge on any atom is -0.444 e. The van der Waals surface area contributed by atoms with Crippen molar-refractivity contribution in [2.75, 3.05) is 6.54 Å². The summed E-state index contributed by atoms with van der Waals surface area (Å²) in [6.45, 7) is 7.13. The molecule has 12 heteroatoms. The Morgan fingerprint density at radius 1 is 1.19 bits per heavy atom. The molecule has 0 aliphatic carbocycles. The van der Waals surface area contributed by atoms with Gasteiger partial charge in [-0.3, -0.25) is 10.2 Å². The number of para-hydroxylation sites is 1. The van der Waals surface area contributed by atoms with E-state index >= 15 is 0 Å². The van der Waals surface area contributed by atoms with Crippen molar-refractivity contribution in [3.8, 4) is 0 Å².